The second kappa shape index (κ2) is 8.19. The molecule has 0 amide bonds. The van der Waals surface area contributed by atoms with Gasteiger partial charge in [-0.15, -0.1) is 0 Å². The molecule has 0 saturated heterocycles. The van der Waals surface area contributed by atoms with Gasteiger partial charge in [-0.05, 0) is 6.92 Å². The Morgan fingerprint density at radius 1 is 0.306 bits per heavy atom. The summed E-state index contributed by atoms with van der Waals surface area (Å²) in [6.07, 6.45) is -20.0. The molecule has 0 aliphatic heterocycles. The van der Waals surface area contributed by atoms with Crippen LogP contribution in [0.2, 0.25) is 0 Å². The molecule has 0 aromatic carbocycles. The average Bonchev–Trinajstić information content (AvgIpc) is 2.63. The summed E-state index contributed by atoms with van der Waals surface area (Å²) in [7, 11) is 0. The van der Waals surface area contributed by atoms with Gasteiger partial charge < -0.3 is 0 Å². The lowest BCUT2D eigenvalue weighted by Crippen LogP contribution is -2.79. The smallest absolute Gasteiger partial charge is 0.216 e. The van der Waals surface area contributed by atoms with Gasteiger partial charge in [0, 0.05) is 6.42 Å². The summed E-state index contributed by atoms with van der Waals surface area (Å²) in [4.78, 5) is 0. The van der Waals surface area contributed by atoms with Crippen molar-refractivity contribution in [3.63, 3.8) is 0 Å². The Morgan fingerprint density at radius 2 is 0.500 bits per heavy atom. The van der Waals surface area contributed by atoms with Crippen LogP contribution in [0.25, 0.3) is 0 Å². The summed E-state index contributed by atoms with van der Waals surface area (Å²) < 4.78 is 299. The van der Waals surface area contributed by atoms with Crippen molar-refractivity contribution in [2.75, 3.05) is 0 Å². The lowest BCUT2D eigenvalue weighted by molar-refractivity contribution is -0.481. The zero-order valence-corrected chi connectivity index (χ0v) is 15.6. The van der Waals surface area contributed by atoms with Gasteiger partial charge in [-0.25, -0.2) is 4.39 Å². The Morgan fingerprint density at radius 3 is 0.694 bits per heavy atom. The molecular formula is C13H4F23. The van der Waals surface area contributed by atoms with Gasteiger partial charge in [0.2, 0.25) is 0 Å². The minimum Gasteiger partial charge on any atom is -0.216 e. The molecule has 0 aromatic heterocycles. The van der Waals surface area contributed by atoms with Gasteiger partial charge in [0.05, 0.1) is 0 Å². The predicted molar refractivity (Wildman–Crippen MR) is 65.5 cm³/mol. The van der Waals surface area contributed by atoms with E-state index < -0.39 is 71.8 Å². The maximum absolute atomic E-state index is 13.4. The van der Waals surface area contributed by atoms with E-state index in [0.29, 0.717) is 0 Å². The summed E-state index contributed by atoms with van der Waals surface area (Å²) in [5.74, 6) is -70.0. The van der Waals surface area contributed by atoms with E-state index in [1.807, 2.05) is 0 Å². The van der Waals surface area contributed by atoms with Crippen molar-refractivity contribution in [1.29, 1.82) is 0 Å². The van der Waals surface area contributed by atoms with E-state index in [-0.39, 0.29) is 0 Å². The molecule has 0 spiro atoms. The van der Waals surface area contributed by atoms with Crippen LogP contribution in [0.15, 0.2) is 0 Å². The Labute approximate surface area is 181 Å². The monoisotopic (exact) mass is 597 g/mol. The van der Waals surface area contributed by atoms with Crippen LogP contribution in [-0.2, 0) is 0 Å². The number of halogens is 23. The first-order chi connectivity index (χ1) is 15.1. The fourth-order valence-corrected chi connectivity index (χ4v) is 2.11. The first-order valence-corrected chi connectivity index (χ1v) is 7.70. The maximum atomic E-state index is 13.4. The predicted octanol–water partition coefficient (Wildman–Crippen LogP) is 8.13. The highest BCUT2D eigenvalue weighted by Gasteiger charge is 2.99. The fourth-order valence-electron chi connectivity index (χ4n) is 2.11. The van der Waals surface area contributed by atoms with Crippen LogP contribution in [0.5, 0.6) is 0 Å². The third-order valence-corrected chi connectivity index (χ3v) is 4.35. The van der Waals surface area contributed by atoms with Crippen molar-refractivity contribution in [2.24, 2.45) is 0 Å². The average molecular weight is 597 g/mol. The van der Waals surface area contributed by atoms with Crippen LogP contribution in [0, 0.1) is 6.92 Å². The van der Waals surface area contributed by atoms with E-state index in [1.54, 1.807) is 6.92 Å². The van der Waals surface area contributed by atoms with E-state index in [1.165, 1.54) is 0 Å². The largest absolute Gasteiger partial charge is 0.438 e. The van der Waals surface area contributed by atoms with Crippen molar-refractivity contribution in [1.82, 2.24) is 0 Å². The van der Waals surface area contributed by atoms with Crippen molar-refractivity contribution in [3.8, 4) is 0 Å². The third kappa shape index (κ3) is 3.82. The fraction of sp³-hybridized carbons (Fsp3) is 0.923. The minimum absolute atomic E-state index is 1.76. The molecule has 217 valence electrons. The van der Waals surface area contributed by atoms with Gasteiger partial charge in [-0.3, -0.25) is 0 Å². The normalized spacial score (nSPS) is 17.0. The molecule has 0 aliphatic rings. The molecule has 0 aliphatic carbocycles. The van der Waals surface area contributed by atoms with Crippen LogP contribution >= 0.6 is 0 Å². The van der Waals surface area contributed by atoms with Crippen molar-refractivity contribution < 1.29 is 101 Å². The Balaban J connectivity index is 7.34. The van der Waals surface area contributed by atoms with Gasteiger partial charge in [0.25, 0.3) is 0 Å². The zero-order valence-electron chi connectivity index (χ0n) is 15.6. The van der Waals surface area contributed by atoms with Gasteiger partial charge >= 0.3 is 65.4 Å². The third-order valence-electron chi connectivity index (χ3n) is 4.35. The Kier molecular flexibility index (Phi) is 7.83. The molecular weight excluding hydrogens is 593 g/mol. The topological polar surface area (TPSA) is 0 Å². The van der Waals surface area contributed by atoms with Crippen molar-refractivity contribution in [3.05, 3.63) is 6.92 Å². The van der Waals surface area contributed by atoms with Crippen LogP contribution < -0.4 is 0 Å². The molecule has 1 radical (unpaired) electrons. The summed E-state index contributed by atoms with van der Waals surface area (Å²) in [5.41, 5.74) is -9.00. The SMILES string of the molecule is [CH2]CC(F)(F)C(F)(F)C(F)(F)C(F)(F)C(F)(F)C(F)(F)C(F)(F)C(F)(F)C(F)(C(F)(F)F)C(F)(F)F. The zero-order chi connectivity index (χ0) is 30.2. The Hall–Kier alpha value is -1.61. The van der Waals surface area contributed by atoms with E-state index in [4.69, 9.17) is 0 Å². The summed E-state index contributed by atoms with van der Waals surface area (Å²) in [5, 5.41) is 0. The van der Waals surface area contributed by atoms with Gasteiger partial charge in [0.15, 0.2) is 0 Å². The van der Waals surface area contributed by atoms with E-state index in [0.717, 1.165) is 0 Å². The Bertz CT molecular complexity index is 780. The van der Waals surface area contributed by atoms with E-state index >= 15 is 0 Å². The van der Waals surface area contributed by atoms with Crippen LogP contribution in [0.1, 0.15) is 6.42 Å². The van der Waals surface area contributed by atoms with Gasteiger partial charge in [0.1, 0.15) is 0 Å². The highest BCUT2D eigenvalue weighted by atomic mass is 19.4. The molecule has 23 heteroatoms. The number of alkyl halides is 23. The molecule has 0 atom stereocenters. The van der Waals surface area contributed by atoms with Crippen molar-refractivity contribution in [2.45, 2.75) is 71.8 Å². The summed E-state index contributed by atoms with van der Waals surface area (Å²) >= 11 is 0. The summed E-state index contributed by atoms with van der Waals surface area (Å²) in [6, 6.07) is 0. The highest BCUT2D eigenvalue weighted by molar-refractivity contribution is 5.20. The molecule has 0 rings (SSSR count). The minimum atomic E-state index is -9.44. The first-order valence-electron chi connectivity index (χ1n) is 7.70. The second-order valence-corrected chi connectivity index (χ2v) is 6.63. The van der Waals surface area contributed by atoms with Crippen molar-refractivity contribution >= 4 is 0 Å². The molecule has 0 nitrogen and oxygen atoms in total. The van der Waals surface area contributed by atoms with E-state index in [9.17, 15) is 101 Å². The van der Waals surface area contributed by atoms with E-state index in [2.05, 4.69) is 0 Å². The molecule has 0 unspecified atom stereocenters. The van der Waals surface area contributed by atoms with Gasteiger partial charge in [-0.1, -0.05) is 0 Å². The molecule has 0 fully saturated rings. The number of hydrogen-bond donors (Lipinski definition) is 0. The van der Waals surface area contributed by atoms with Crippen LogP contribution in [0.4, 0.5) is 101 Å². The molecule has 0 bridgehead atoms. The van der Waals surface area contributed by atoms with Crippen LogP contribution in [0.3, 0.4) is 0 Å². The molecule has 36 heavy (non-hydrogen) atoms. The lowest BCUT2D eigenvalue weighted by atomic mass is 9.82. The molecule has 0 N–H and O–H groups in total. The molecule has 0 saturated carbocycles. The van der Waals surface area contributed by atoms with Crippen LogP contribution in [-0.4, -0.2) is 65.4 Å². The maximum Gasteiger partial charge on any atom is 0.438 e. The number of hydrogen-bond acceptors (Lipinski definition) is 0. The molecule has 0 heterocycles. The number of rotatable bonds is 9. The van der Waals surface area contributed by atoms with Gasteiger partial charge in [-0.2, -0.15) is 96.6 Å². The highest BCUT2D eigenvalue weighted by Crippen LogP contribution is 2.67. The lowest BCUT2D eigenvalue weighted by Gasteiger charge is -2.46. The molecule has 0 aromatic rings. The summed E-state index contributed by atoms with van der Waals surface area (Å²) in [6.45, 7) is 1.76. The standard InChI is InChI=1S/C13H4F23/c1-2-3(14,15)5(17,18)7(21,22)9(25,26)11(29,30)10(27,28)8(23,24)6(19,20)4(16,12(31,32)33)13(34,35)36/h1-2H2. The quantitative estimate of drug-likeness (QED) is 0.236. The first kappa shape index (κ1) is 34.4. The second-order valence-electron chi connectivity index (χ2n) is 6.63.